The number of allylic oxidation sites excluding steroid dienone is 7. The third-order valence-electron chi connectivity index (χ3n) is 5.06. The predicted octanol–water partition coefficient (Wildman–Crippen LogP) is 3.82. The zero-order chi connectivity index (χ0) is 26.6. The molecular weight excluding hydrogens is 495 g/mol. The zero-order valence-electron chi connectivity index (χ0n) is 23.3. The molecule has 0 spiro atoms. The number of hydrogen-bond donors (Lipinski definition) is 0. The number of carbonyl (C=O) groups excluding carboxylic acids is 2. The molecule has 1 aromatic rings. The van der Waals surface area contributed by atoms with Crippen molar-refractivity contribution in [3.05, 3.63) is 65.3 Å². The molecule has 1 rings (SSSR count). The second kappa shape index (κ2) is 22.1. The number of hydrogen-bond acceptors (Lipinski definition) is 3. The van der Waals surface area contributed by atoms with Gasteiger partial charge in [-0.15, -0.1) is 11.6 Å². The van der Waals surface area contributed by atoms with Crippen LogP contribution in [0.15, 0.2) is 65.3 Å². The molecule has 0 bridgehead atoms. The second-order valence-corrected chi connectivity index (χ2v) is 9.65. The Kier molecular flexibility index (Phi) is 22.1. The molecule has 0 aromatic carbocycles. The van der Waals surface area contributed by atoms with E-state index in [2.05, 4.69) is 59.8 Å². The lowest BCUT2D eigenvalue weighted by atomic mass is 10.1. The molecule has 0 N–H and O–H groups in total. The molecule has 1 heterocycles. The molecule has 5 nitrogen and oxygen atoms in total. The molecule has 0 aliphatic heterocycles. The van der Waals surface area contributed by atoms with Crippen molar-refractivity contribution in [2.75, 3.05) is 12.5 Å². The standard InChI is InChI=1S/C16H25N2O2.C13H21ClO.ClH/c1-14(2)6-5-7-15(3)8-11-20-16(19)12-18-10-9-17(4)13-18;1-11(2)6-4-7-12(3)8-5-9-13(15)10-14;/h6,8-10,13H,5,7,11-12H2,1-4H3;6,8H,4-5,7,9-10H2,1-3H3;1H/q+1;;/p-1/b15-8+;12-8+;. The molecule has 0 unspecified atom stereocenters. The number of halogens is 2. The van der Waals surface area contributed by atoms with Gasteiger partial charge < -0.3 is 17.1 Å². The highest BCUT2D eigenvalue weighted by Gasteiger charge is 2.08. The summed E-state index contributed by atoms with van der Waals surface area (Å²) in [4.78, 5) is 22.5. The van der Waals surface area contributed by atoms with E-state index in [1.165, 1.54) is 22.3 Å². The third kappa shape index (κ3) is 22.4. The minimum absolute atomic E-state index is 0. The summed E-state index contributed by atoms with van der Waals surface area (Å²) in [6.07, 6.45) is 19.8. The monoisotopic (exact) mass is 540 g/mol. The van der Waals surface area contributed by atoms with Gasteiger partial charge in [-0.2, -0.15) is 0 Å². The number of Topliss-reactive ketones (excluding diaryl/α,β-unsaturated/α-hetero) is 1. The van der Waals surface area contributed by atoms with Gasteiger partial charge in [0.25, 0.3) is 0 Å². The summed E-state index contributed by atoms with van der Waals surface area (Å²) in [5, 5.41) is 0. The Balaban J connectivity index is 0. The first-order chi connectivity index (χ1) is 16.5. The molecule has 7 heteroatoms. The Morgan fingerprint density at radius 2 is 1.39 bits per heavy atom. The topological polar surface area (TPSA) is 52.2 Å². The van der Waals surface area contributed by atoms with E-state index < -0.39 is 0 Å². The highest BCUT2D eigenvalue weighted by Crippen LogP contribution is 2.09. The fraction of sp³-hybridized carbons (Fsp3) is 0.552. The van der Waals surface area contributed by atoms with Crippen molar-refractivity contribution in [2.24, 2.45) is 7.05 Å². The van der Waals surface area contributed by atoms with Crippen LogP contribution in [0.2, 0.25) is 0 Å². The molecule has 0 radical (unpaired) electrons. The summed E-state index contributed by atoms with van der Waals surface area (Å²) in [6, 6.07) is 0. The predicted molar refractivity (Wildman–Crippen MR) is 146 cm³/mol. The van der Waals surface area contributed by atoms with E-state index in [-0.39, 0.29) is 36.6 Å². The number of nitrogens with zero attached hydrogens (tertiary/aromatic N) is 2. The number of rotatable bonds is 14. The van der Waals surface area contributed by atoms with Crippen LogP contribution < -0.4 is 17.0 Å². The van der Waals surface area contributed by atoms with Crippen molar-refractivity contribution in [2.45, 2.75) is 86.6 Å². The first-order valence-electron chi connectivity index (χ1n) is 12.4. The molecule has 204 valence electrons. The fourth-order valence-corrected chi connectivity index (χ4v) is 3.13. The maximum absolute atomic E-state index is 11.6. The van der Waals surface area contributed by atoms with Crippen LogP contribution in [0.1, 0.15) is 80.1 Å². The first-order valence-corrected chi connectivity index (χ1v) is 12.9. The highest BCUT2D eigenvalue weighted by atomic mass is 35.5. The summed E-state index contributed by atoms with van der Waals surface area (Å²) < 4.78 is 8.88. The summed E-state index contributed by atoms with van der Waals surface area (Å²) >= 11 is 5.41. The van der Waals surface area contributed by atoms with E-state index in [9.17, 15) is 9.59 Å². The second-order valence-electron chi connectivity index (χ2n) is 9.39. The molecule has 0 fully saturated rings. The van der Waals surface area contributed by atoms with Crippen molar-refractivity contribution in [1.82, 2.24) is 4.57 Å². The van der Waals surface area contributed by atoms with Gasteiger partial charge in [-0.25, -0.2) is 13.9 Å². The highest BCUT2D eigenvalue weighted by molar-refractivity contribution is 6.27. The van der Waals surface area contributed by atoms with Gasteiger partial charge in [0, 0.05) is 6.42 Å². The molecule has 0 atom stereocenters. The van der Waals surface area contributed by atoms with Crippen LogP contribution >= 0.6 is 11.6 Å². The van der Waals surface area contributed by atoms with Crippen LogP contribution in [0.4, 0.5) is 0 Å². The van der Waals surface area contributed by atoms with Gasteiger partial charge in [-0.1, -0.05) is 40.5 Å². The molecule has 0 aliphatic carbocycles. The Morgan fingerprint density at radius 3 is 1.86 bits per heavy atom. The lowest BCUT2D eigenvalue weighted by Gasteiger charge is -2.02. The van der Waals surface area contributed by atoms with Gasteiger partial charge in [0.2, 0.25) is 6.33 Å². The Labute approximate surface area is 230 Å². The molecule has 1 aromatic heterocycles. The number of alkyl halides is 1. The molecule has 36 heavy (non-hydrogen) atoms. The minimum atomic E-state index is -0.213. The summed E-state index contributed by atoms with van der Waals surface area (Å²) in [5.74, 6) is 0.0598. The number of carbonyl (C=O) groups is 2. The van der Waals surface area contributed by atoms with Crippen LogP contribution in [0.3, 0.4) is 0 Å². The summed E-state index contributed by atoms with van der Waals surface area (Å²) in [7, 11) is 1.92. The van der Waals surface area contributed by atoms with Gasteiger partial charge in [-0.3, -0.25) is 4.79 Å². The van der Waals surface area contributed by atoms with E-state index in [4.69, 9.17) is 16.3 Å². The van der Waals surface area contributed by atoms with Crippen molar-refractivity contribution in [1.29, 1.82) is 0 Å². The number of ketones is 1. The molecule has 0 saturated heterocycles. The molecule has 0 amide bonds. The maximum Gasteiger partial charge on any atom is 0.348 e. The number of esters is 1. The van der Waals surface area contributed by atoms with E-state index >= 15 is 0 Å². The van der Waals surface area contributed by atoms with E-state index in [1.54, 1.807) is 4.57 Å². The normalized spacial score (nSPS) is 11.0. The van der Waals surface area contributed by atoms with E-state index in [0.29, 0.717) is 13.0 Å². The average Bonchev–Trinajstić information content (AvgIpc) is 3.17. The van der Waals surface area contributed by atoms with Gasteiger partial charge in [0.15, 0.2) is 6.54 Å². The number of ether oxygens (including phenoxy) is 1. The Morgan fingerprint density at radius 1 is 0.861 bits per heavy atom. The largest absolute Gasteiger partial charge is 1.00 e. The summed E-state index contributed by atoms with van der Waals surface area (Å²) in [6.45, 7) is 13.2. The van der Waals surface area contributed by atoms with E-state index in [1.807, 2.05) is 36.4 Å². The Bertz CT molecular complexity index is 888. The van der Waals surface area contributed by atoms with Crippen molar-refractivity contribution >= 4 is 23.4 Å². The fourth-order valence-electron chi connectivity index (χ4n) is 2.99. The third-order valence-corrected chi connectivity index (χ3v) is 5.36. The molecule has 0 aliphatic rings. The van der Waals surface area contributed by atoms with Gasteiger partial charge in [0.05, 0.1) is 12.9 Å². The molecular formula is C29H46Cl2N2O3. The van der Waals surface area contributed by atoms with Crippen LogP contribution in [-0.2, 0) is 27.9 Å². The van der Waals surface area contributed by atoms with Crippen LogP contribution in [0, 0.1) is 0 Å². The Hall–Kier alpha value is -2.11. The van der Waals surface area contributed by atoms with Crippen LogP contribution in [-0.4, -0.2) is 28.8 Å². The van der Waals surface area contributed by atoms with Gasteiger partial charge in [-0.05, 0) is 79.7 Å². The molecule has 0 saturated carbocycles. The maximum atomic E-state index is 11.6. The number of aromatic nitrogens is 2. The SMILES string of the molecule is CC(C)=CCC/C(C)=C/CCC(=O)CCl.CC(C)=CCC/C(C)=C/COC(=O)Cn1cc[n+](C)c1.[Cl-]. The number of aryl methyl sites for hydroxylation is 1. The average molecular weight is 542 g/mol. The van der Waals surface area contributed by atoms with Crippen molar-refractivity contribution in [3.63, 3.8) is 0 Å². The minimum Gasteiger partial charge on any atom is -1.00 e. The summed E-state index contributed by atoms with van der Waals surface area (Å²) in [5.41, 5.74) is 5.31. The smallest absolute Gasteiger partial charge is 0.348 e. The van der Waals surface area contributed by atoms with Gasteiger partial charge >= 0.3 is 5.97 Å². The zero-order valence-corrected chi connectivity index (χ0v) is 24.8. The lowest BCUT2D eigenvalue weighted by molar-refractivity contribution is -0.671. The van der Waals surface area contributed by atoms with Crippen LogP contribution in [0.25, 0.3) is 0 Å². The van der Waals surface area contributed by atoms with Crippen LogP contribution in [0.5, 0.6) is 0 Å². The first kappa shape index (κ1) is 36.0. The van der Waals surface area contributed by atoms with Crippen molar-refractivity contribution < 1.29 is 31.3 Å². The van der Waals surface area contributed by atoms with Crippen molar-refractivity contribution in [3.8, 4) is 0 Å². The van der Waals surface area contributed by atoms with E-state index in [0.717, 1.165) is 32.1 Å². The quantitative estimate of drug-likeness (QED) is 0.156. The lowest BCUT2D eigenvalue weighted by Crippen LogP contribution is -3.00. The number of imidazole rings is 1. The van der Waals surface area contributed by atoms with Gasteiger partial charge in [0.1, 0.15) is 24.8 Å².